The second-order valence-corrected chi connectivity index (χ2v) is 12.7. The number of morpholine rings is 1. The number of nitrogens with one attached hydrogen (secondary N) is 1. The van der Waals surface area contributed by atoms with Crippen LogP contribution in [0.3, 0.4) is 0 Å². The number of fused-ring (bicyclic) bond motifs is 2. The van der Waals surface area contributed by atoms with Crippen molar-refractivity contribution in [2.24, 2.45) is 0 Å². The van der Waals surface area contributed by atoms with Crippen LogP contribution in [0.15, 0.2) is 72.8 Å². The number of hydrogen-bond acceptors (Lipinski definition) is 10. The Morgan fingerprint density at radius 3 is 2.69 bits per heavy atom. The van der Waals surface area contributed by atoms with Gasteiger partial charge in [0.1, 0.15) is 25.1 Å². The lowest BCUT2D eigenvalue weighted by Gasteiger charge is -2.42. The highest BCUT2D eigenvalue weighted by molar-refractivity contribution is 5.94. The average Bonchev–Trinajstić information content (AvgIpc) is 3.13. The molecule has 0 aliphatic carbocycles. The minimum absolute atomic E-state index is 0.0954. The van der Waals surface area contributed by atoms with E-state index in [1.165, 1.54) is 16.5 Å². The summed E-state index contributed by atoms with van der Waals surface area (Å²) in [7, 11) is 0. The molecule has 2 saturated heterocycles. The molecule has 48 heavy (non-hydrogen) atoms. The predicted molar refractivity (Wildman–Crippen MR) is 183 cm³/mol. The number of anilines is 2. The number of hydrogen-bond donors (Lipinski definition) is 1. The molecule has 1 N–H and O–H groups in total. The van der Waals surface area contributed by atoms with Crippen LogP contribution in [0.4, 0.5) is 16.3 Å². The molecule has 0 radical (unpaired) electrons. The summed E-state index contributed by atoms with van der Waals surface area (Å²) in [6.45, 7) is 6.79. The third kappa shape index (κ3) is 7.00. The van der Waals surface area contributed by atoms with Gasteiger partial charge in [0.05, 0.1) is 37.4 Å². The lowest BCUT2D eigenvalue weighted by Crippen LogP contribution is -2.55. The summed E-state index contributed by atoms with van der Waals surface area (Å²) in [6.07, 6.45) is 0.437. The third-order valence-electron chi connectivity index (χ3n) is 9.35. The second-order valence-electron chi connectivity index (χ2n) is 12.7. The molecule has 0 saturated carbocycles. The summed E-state index contributed by atoms with van der Waals surface area (Å²) in [5.41, 5.74) is 4.10. The van der Waals surface area contributed by atoms with Gasteiger partial charge in [-0.2, -0.15) is 15.2 Å². The Balaban J connectivity index is 1.14. The van der Waals surface area contributed by atoms with E-state index in [0.29, 0.717) is 58.0 Å². The molecule has 3 atom stereocenters. The van der Waals surface area contributed by atoms with E-state index in [1.807, 2.05) is 30.3 Å². The van der Waals surface area contributed by atoms with Crippen LogP contribution >= 0.6 is 0 Å². The number of piperazine rings is 1. The van der Waals surface area contributed by atoms with E-state index in [4.69, 9.17) is 24.2 Å². The predicted octanol–water partition coefficient (Wildman–Crippen LogP) is 4.69. The van der Waals surface area contributed by atoms with Crippen molar-refractivity contribution in [2.45, 2.75) is 51.1 Å². The summed E-state index contributed by atoms with van der Waals surface area (Å²) in [5, 5.41) is 15.6. The Labute approximate surface area is 281 Å². The van der Waals surface area contributed by atoms with Crippen molar-refractivity contribution >= 4 is 28.4 Å². The van der Waals surface area contributed by atoms with Crippen LogP contribution in [0.5, 0.6) is 6.01 Å². The van der Waals surface area contributed by atoms with Gasteiger partial charge in [-0.1, -0.05) is 66.7 Å². The molecule has 4 aromatic rings. The molecule has 3 aromatic carbocycles. The summed E-state index contributed by atoms with van der Waals surface area (Å²) in [5.74, 6) is 0.809. The third-order valence-corrected chi connectivity index (χ3v) is 9.35. The minimum atomic E-state index is -0.409. The minimum Gasteiger partial charge on any atom is -0.461 e. The molecule has 11 nitrogen and oxygen atoms in total. The highest BCUT2D eigenvalue weighted by Gasteiger charge is 2.35. The van der Waals surface area contributed by atoms with Gasteiger partial charge in [0.2, 0.25) is 0 Å². The van der Waals surface area contributed by atoms with Crippen molar-refractivity contribution in [3.8, 4) is 12.1 Å². The summed E-state index contributed by atoms with van der Waals surface area (Å²) < 4.78 is 17.9. The van der Waals surface area contributed by atoms with Crippen molar-refractivity contribution in [2.75, 3.05) is 55.7 Å². The van der Waals surface area contributed by atoms with Gasteiger partial charge in [0.25, 0.3) is 0 Å². The highest BCUT2D eigenvalue weighted by atomic mass is 16.6. The van der Waals surface area contributed by atoms with Crippen molar-refractivity contribution in [3.63, 3.8) is 0 Å². The number of amides is 1. The fraction of sp³-hybridized carbons (Fsp3) is 0.405. The van der Waals surface area contributed by atoms with Crippen LogP contribution in [0.1, 0.15) is 30.2 Å². The van der Waals surface area contributed by atoms with Crippen LogP contribution in [0, 0.1) is 11.3 Å². The van der Waals surface area contributed by atoms with Gasteiger partial charge in [-0.25, -0.2) is 4.79 Å². The quantitative estimate of drug-likeness (QED) is 0.289. The van der Waals surface area contributed by atoms with Gasteiger partial charge in [0, 0.05) is 55.4 Å². The average molecular weight is 648 g/mol. The van der Waals surface area contributed by atoms with Crippen LogP contribution in [-0.2, 0) is 29.0 Å². The number of nitriles is 1. The van der Waals surface area contributed by atoms with Crippen molar-refractivity contribution in [3.05, 3.63) is 89.6 Å². The van der Waals surface area contributed by atoms with E-state index in [1.54, 1.807) is 4.90 Å². The van der Waals surface area contributed by atoms with Crippen LogP contribution in [0.2, 0.25) is 0 Å². The van der Waals surface area contributed by atoms with Gasteiger partial charge in [-0.3, -0.25) is 0 Å². The summed E-state index contributed by atoms with van der Waals surface area (Å²) in [4.78, 5) is 29.4. The molecule has 11 heteroatoms. The Hall–Kier alpha value is -4.92. The molecule has 248 valence electrons. The number of carbonyl (C=O) groups is 1. The van der Waals surface area contributed by atoms with E-state index in [-0.39, 0.29) is 25.2 Å². The topological polar surface area (TPSA) is 116 Å². The van der Waals surface area contributed by atoms with E-state index in [9.17, 15) is 10.1 Å². The van der Waals surface area contributed by atoms with Gasteiger partial charge in [-0.05, 0) is 30.4 Å². The molecular formula is C37H41N7O4. The van der Waals surface area contributed by atoms with Gasteiger partial charge in [0.15, 0.2) is 0 Å². The number of ether oxygens (including phenoxy) is 3. The lowest BCUT2D eigenvalue weighted by molar-refractivity contribution is -0.0182. The lowest BCUT2D eigenvalue weighted by atomic mass is 10.0. The fourth-order valence-corrected chi connectivity index (χ4v) is 6.78. The normalized spacial score (nSPS) is 21.0. The number of rotatable bonds is 8. The Bertz CT molecular complexity index is 1770. The zero-order valence-electron chi connectivity index (χ0n) is 27.3. The summed E-state index contributed by atoms with van der Waals surface area (Å²) >= 11 is 0. The summed E-state index contributed by atoms with van der Waals surface area (Å²) in [6, 6.07) is 27.0. The van der Waals surface area contributed by atoms with Crippen molar-refractivity contribution < 1.29 is 19.0 Å². The Morgan fingerprint density at radius 1 is 1.02 bits per heavy atom. The van der Waals surface area contributed by atoms with Crippen molar-refractivity contribution in [1.82, 2.24) is 20.2 Å². The number of carbonyl (C=O) groups excluding carboxylic acids is 1. The molecule has 1 aromatic heterocycles. The number of aromatic nitrogens is 2. The maximum atomic E-state index is 13.2. The first kappa shape index (κ1) is 31.7. The standard InChI is InChI=1S/C37H41N7O4/c1-26-23-46-30(20-39-26)25-47-36-40-33-22-42(34-13-7-11-28-10-5-6-12-31(28)34)17-15-32(33)35(41-36)43-18-19-44(29(21-43)14-16-38)37(45)48-24-27-8-3-2-4-9-27/h2-13,26,29-30,39H,14-15,17-25H2,1H3/t26-,29+,30-/m1/s1. The molecular weight excluding hydrogens is 606 g/mol. The Kier molecular flexibility index (Phi) is 9.54. The molecule has 4 heterocycles. The van der Waals surface area contributed by atoms with Crippen molar-refractivity contribution in [1.29, 1.82) is 5.26 Å². The van der Waals surface area contributed by atoms with Crippen LogP contribution < -0.4 is 19.9 Å². The van der Waals surface area contributed by atoms with E-state index in [0.717, 1.165) is 35.6 Å². The zero-order valence-corrected chi connectivity index (χ0v) is 27.3. The monoisotopic (exact) mass is 647 g/mol. The van der Waals surface area contributed by atoms with E-state index >= 15 is 0 Å². The number of nitrogens with zero attached hydrogens (tertiary/aromatic N) is 6. The van der Waals surface area contributed by atoms with E-state index < -0.39 is 6.09 Å². The fourth-order valence-electron chi connectivity index (χ4n) is 6.78. The van der Waals surface area contributed by atoms with Gasteiger partial charge < -0.3 is 34.2 Å². The molecule has 3 aliphatic heterocycles. The SMILES string of the molecule is C[C@@H]1CO[C@@H](COc2nc3c(c(N4CCN(C(=O)OCc5ccccc5)[C@@H](CC#N)C4)n2)CCN(c2cccc4ccccc24)C3)CN1. The first-order valence-corrected chi connectivity index (χ1v) is 16.7. The maximum absolute atomic E-state index is 13.2. The molecule has 0 unspecified atom stereocenters. The smallest absolute Gasteiger partial charge is 0.410 e. The molecule has 1 amide bonds. The molecule has 7 rings (SSSR count). The van der Waals surface area contributed by atoms with Gasteiger partial charge >= 0.3 is 12.1 Å². The first-order chi connectivity index (χ1) is 23.6. The van der Waals surface area contributed by atoms with Gasteiger partial charge in [-0.15, -0.1) is 0 Å². The highest BCUT2D eigenvalue weighted by Crippen LogP contribution is 2.35. The second kappa shape index (κ2) is 14.5. The van der Waals surface area contributed by atoms with E-state index in [2.05, 4.69) is 70.6 Å². The maximum Gasteiger partial charge on any atom is 0.410 e. The molecule has 3 aliphatic rings. The first-order valence-electron chi connectivity index (χ1n) is 16.7. The molecule has 2 fully saturated rings. The van der Waals surface area contributed by atoms with Crippen LogP contribution in [-0.4, -0.2) is 85.1 Å². The molecule has 0 bridgehead atoms. The Morgan fingerprint density at radius 2 is 1.85 bits per heavy atom. The largest absolute Gasteiger partial charge is 0.461 e. The number of benzene rings is 3. The zero-order chi connectivity index (χ0) is 32.9. The molecule has 0 spiro atoms. The van der Waals surface area contributed by atoms with Crippen LogP contribution in [0.25, 0.3) is 10.8 Å².